The normalized spacial score (nSPS) is 17.0. The van der Waals surface area contributed by atoms with Crippen molar-refractivity contribution in [3.8, 4) is 11.8 Å². The first-order valence-electron chi connectivity index (χ1n) is 8.82. The van der Waals surface area contributed by atoms with E-state index in [2.05, 4.69) is 6.92 Å². The number of hydrogen-bond donors (Lipinski definition) is 1. The molecule has 134 valence electrons. The van der Waals surface area contributed by atoms with E-state index in [-0.39, 0.29) is 23.5 Å². The van der Waals surface area contributed by atoms with Gasteiger partial charge in [0.05, 0.1) is 6.61 Å². The molecule has 0 aromatic heterocycles. The summed E-state index contributed by atoms with van der Waals surface area (Å²) in [7, 11) is 0. The SMILES string of the molecule is CCOc1ccc(/C=C(/C#N)C(=O)N2CCC(CC)(CO)CC2)cc1. The molecule has 25 heavy (non-hydrogen) atoms. The Labute approximate surface area is 149 Å². The molecular weight excluding hydrogens is 316 g/mol. The Morgan fingerprint density at radius 2 is 1.96 bits per heavy atom. The summed E-state index contributed by atoms with van der Waals surface area (Å²) in [4.78, 5) is 14.4. The van der Waals surface area contributed by atoms with Crippen molar-refractivity contribution in [2.24, 2.45) is 5.41 Å². The van der Waals surface area contributed by atoms with Gasteiger partial charge >= 0.3 is 0 Å². The van der Waals surface area contributed by atoms with Crippen molar-refractivity contribution >= 4 is 12.0 Å². The Balaban J connectivity index is 2.07. The fraction of sp³-hybridized carbons (Fsp3) is 0.500. The van der Waals surface area contributed by atoms with Crippen LogP contribution in [0.2, 0.25) is 0 Å². The molecule has 5 heteroatoms. The molecule has 0 spiro atoms. The average Bonchev–Trinajstić information content (AvgIpc) is 2.67. The number of likely N-dealkylation sites (tertiary alicyclic amines) is 1. The van der Waals surface area contributed by atoms with Gasteiger partial charge in [-0.3, -0.25) is 4.79 Å². The summed E-state index contributed by atoms with van der Waals surface area (Å²) in [6, 6.07) is 9.34. The number of amides is 1. The number of carbonyl (C=O) groups excluding carboxylic acids is 1. The quantitative estimate of drug-likeness (QED) is 0.637. The van der Waals surface area contributed by atoms with Gasteiger partial charge in [0.15, 0.2) is 0 Å². The molecule has 2 rings (SSSR count). The lowest BCUT2D eigenvalue weighted by Gasteiger charge is -2.40. The summed E-state index contributed by atoms with van der Waals surface area (Å²) in [6.45, 7) is 5.89. The number of nitrogens with zero attached hydrogens (tertiary/aromatic N) is 2. The number of rotatable bonds is 6. The van der Waals surface area contributed by atoms with Crippen molar-refractivity contribution in [1.82, 2.24) is 4.90 Å². The van der Waals surface area contributed by atoms with Crippen LogP contribution >= 0.6 is 0 Å². The van der Waals surface area contributed by atoms with E-state index in [9.17, 15) is 15.2 Å². The van der Waals surface area contributed by atoms with E-state index in [1.54, 1.807) is 11.0 Å². The maximum Gasteiger partial charge on any atom is 0.264 e. The van der Waals surface area contributed by atoms with E-state index >= 15 is 0 Å². The predicted octanol–water partition coefficient (Wildman–Crippen LogP) is 3.00. The van der Waals surface area contributed by atoms with Gasteiger partial charge in [0, 0.05) is 19.7 Å². The number of hydrogen-bond acceptors (Lipinski definition) is 4. The van der Waals surface area contributed by atoms with Gasteiger partial charge in [-0.25, -0.2) is 0 Å². The fourth-order valence-electron chi connectivity index (χ4n) is 3.11. The van der Waals surface area contributed by atoms with E-state index in [1.165, 1.54) is 0 Å². The summed E-state index contributed by atoms with van der Waals surface area (Å²) in [5.74, 6) is 0.527. The molecule has 0 radical (unpaired) electrons. The zero-order valence-corrected chi connectivity index (χ0v) is 15.0. The van der Waals surface area contributed by atoms with Crippen molar-refractivity contribution < 1.29 is 14.6 Å². The van der Waals surface area contributed by atoms with E-state index in [4.69, 9.17) is 4.74 Å². The molecule has 1 aliphatic heterocycles. The lowest BCUT2D eigenvalue weighted by Crippen LogP contribution is -2.44. The fourth-order valence-corrected chi connectivity index (χ4v) is 3.11. The topological polar surface area (TPSA) is 73.6 Å². The Kier molecular flexibility index (Phi) is 6.60. The Hall–Kier alpha value is -2.32. The van der Waals surface area contributed by atoms with Gasteiger partial charge in [0.1, 0.15) is 17.4 Å². The number of ether oxygens (including phenoxy) is 1. The number of nitriles is 1. The number of aliphatic hydroxyl groups is 1. The molecule has 5 nitrogen and oxygen atoms in total. The zero-order valence-electron chi connectivity index (χ0n) is 15.0. The van der Waals surface area contributed by atoms with Crippen LogP contribution in [0.5, 0.6) is 5.75 Å². The summed E-state index contributed by atoms with van der Waals surface area (Å²) in [5, 5.41) is 19.0. The minimum absolute atomic E-state index is 0.0809. The summed E-state index contributed by atoms with van der Waals surface area (Å²) < 4.78 is 5.39. The number of piperidine rings is 1. The van der Waals surface area contributed by atoms with Crippen molar-refractivity contribution in [2.45, 2.75) is 33.1 Å². The van der Waals surface area contributed by atoms with Gasteiger partial charge in [0.25, 0.3) is 5.91 Å². The van der Waals surface area contributed by atoms with E-state index in [1.807, 2.05) is 37.3 Å². The van der Waals surface area contributed by atoms with Crippen LogP contribution in [0.1, 0.15) is 38.7 Å². The Morgan fingerprint density at radius 3 is 2.44 bits per heavy atom. The minimum atomic E-state index is -0.237. The van der Waals surface area contributed by atoms with Gasteiger partial charge in [-0.1, -0.05) is 19.1 Å². The van der Waals surface area contributed by atoms with Crippen LogP contribution in [0.4, 0.5) is 0 Å². The van der Waals surface area contributed by atoms with Crippen LogP contribution in [0.15, 0.2) is 29.8 Å². The van der Waals surface area contributed by atoms with Crippen LogP contribution in [0, 0.1) is 16.7 Å². The standard InChI is InChI=1S/C20H26N2O3/c1-3-20(15-23)9-11-22(12-10-20)19(24)17(14-21)13-16-5-7-18(8-6-16)25-4-2/h5-8,13,23H,3-4,9-12,15H2,1-2H3/b17-13-. The molecule has 1 heterocycles. The second-order valence-corrected chi connectivity index (χ2v) is 6.48. The summed E-state index contributed by atoms with van der Waals surface area (Å²) in [6.07, 6.45) is 4.06. The minimum Gasteiger partial charge on any atom is -0.494 e. The molecule has 1 aromatic rings. The third kappa shape index (κ3) is 4.61. The molecule has 0 aliphatic carbocycles. The maximum absolute atomic E-state index is 12.6. The molecule has 1 N–H and O–H groups in total. The third-order valence-electron chi connectivity index (χ3n) is 5.05. The van der Waals surface area contributed by atoms with Gasteiger partial charge in [-0.2, -0.15) is 5.26 Å². The summed E-state index contributed by atoms with van der Waals surface area (Å²) in [5.41, 5.74) is 0.850. The van der Waals surface area contributed by atoms with Crippen molar-refractivity contribution in [3.63, 3.8) is 0 Å². The predicted molar refractivity (Wildman–Crippen MR) is 96.8 cm³/mol. The second kappa shape index (κ2) is 8.68. The van der Waals surface area contributed by atoms with Crippen LogP contribution in [-0.2, 0) is 4.79 Å². The van der Waals surface area contributed by atoms with Gasteiger partial charge in [0.2, 0.25) is 0 Å². The van der Waals surface area contributed by atoms with Crippen LogP contribution in [-0.4, -0.2) is 42.2 Å². The summed E-state index contributed by atoms with van der Waals surface area (Å²) >= 11 is 0. The highest BCUT2D eigenvalue weighted by molar-refractivity contribution is 6.01. The van der Waals surface area contributed by atoms with Crippen LogP contribution in [0.25, 0.3) is 6.08 Å². The largest absolute Gasteiger partial charge is 0.494 e. The van der Waals surface area contributed by atoms with Crippen molar-refractivity contribution in [1.29, 1.82) is 5.26 Å². The molecule has 1 fully saturated rings. The van der Waals surface area contributed by atoms with E-state index in [0.29, 0.717) is 19.7 Å². The molecular formula is C20H26N2O3. The molecule has 1 aliphatic rings. The molecule has 1 aromatic carbocycles. The van der Waals surface area contributed by atoms with Gasteiger partial charge in [-0.05, 0) is 55.4 Å². The van der Waals surface area contributed by atoms with Crippen LogP contribution in [0.3, 0.4) is 0 Å². The van der Waals surface area contributed by atoms with Crippen molar-refractivity contribution in [2.75, 3.05) is 26.3 Å². The first kappa shape index (κ1) is 19.0. The maximum atomic E-state index is 12.6. The lowest BCUT2D eigenvalue weighted by atomic mass is 9.77. The zero-order chi connectivity index (χ0) is 18.3. The number of carbonyl (C=O) groups is 1. The first-order valence-corrected chi connectivity index (χ1v) is 8.82. The lowest BCUT2D eigenvalue weighted by molar-refractivity contribution is -0.129. The molecule has 0 atom stereocenters. The van der Waals surface area contributed by atoms with E-state index in [0.717, 1.165) is 30.6 Å². The highest BCUT2D eigenvalue weighted by Crippen LogP contribution is 2.34. The number of benzene rings is 1. The molecule has 0 saturated carbocycles. The van der Waals surface area contributed by atoms with Gasteiger partial charge < -0.3 is 14.7 Å². The Bertz CT molecular complexity index is 645. The third-order valence-corrected chi connectivity index (χ3v) is 5.05. The average molecular weight is 342 g/mol. The second-order valence-electron chi connectivity index (χ2n) is 6.48. The monoisotopic (exact) mass is 342 g/mol. The molecule has 0 unspecified atom stereocenters. The highest BCUT2D eigenvalue weighted by Gasteiger charge is 2.34. The molecule has 1 amide bonds. The van der Waals surface area contributed by atoms with Gasteiger partial charge in [-0.15, -0.1) is 0 Å². The highest BCUT2D eigenvalue weighted by atomic mass is 16.5. The first-order chi connectivity index (χ1) is 12.1. The molecule has 0 bridgehead atoms. The van der Waals surface area contributed by atoms with E-state index < -0.39 is 0 Å². The van der Waals surface area contributed by atoms with Crippen molar-refractivity contribution in [3.05, 3.63) is 35.4 Å². The number of aliphatic hydroxyl groups excluding tert-OH is 1. The Morgan fingerprint density at radius 1 is 1.32 bits per heavy atom. The molecule has 1 saturated heterocycles. The van der Waals surface area contributed by atoms with Crippen LogP contribution < -0.4 is 4.74 Å². The smallest absolute Gasteiger partial charge is 0.264 e.